The van der Waals surface area contributed by atoms with Crippen molar-refractivity contribution >= 4 is 28.4 Å². The second kappa shape index (κ2) is 6.52. The Morgan fingerprint density at radius 1 is 1.07 bits per heavy atom. The maximum atomic E-state index is 13.0. The van der Waals surface area contributed by atoms with Crippen molar-refractivity contribution < 1.29 is 4.92 Å². The summed E-state index contributed by atoms with van der Waals surface area (Å²) in [6.45, 7) is 0.732. The number of nitro groups is 1. The van der Waals surface area contributed by atoms with E-state index in [0.29, 0.717) is 28.1 Å². The predicted octanol–water partition coefficient (Wildman–Crippen LogP) is 3.59. The van der Waals surface area contributed by atoms with Crippen LogP contribution in [0.2, 0.25) is 0 Å². The molecule has 0 fully saturated rings. The minimum Gasteiger partial charge on any atom is -0.311 e. The molecule has 0 aliphatic carbocycles. The number of fused-ring (bicyclic) bond motifs is 2. The molecular formula is C21H15N5O3. The third kappa shape index (κ3) is 2.82. The number of nitrogens with zero attached hydrogens (tertiary/aromatic N) is 4. The Balaban J connectivity index is 1.63. The summed E-state index contributed by atoms with van der Waals surface area (Å²) in [4.78, 5) is 37.2. The Bertz CT molecular complexity index is 1310. The van der Waals surface area contributed by atoms with E-state index in [1.165, 1.54) is 17.7 Å². The van der Waals surface area contributed by atoms with E-state index in [1.54, 1.807) is 24.4 Å². The van der Waals surface area contributed by atoms with Crippen LogP contribution in [0.15, 0.2) is 65.6 Å². The molecule has 3 heterocycles. The van der Waals surface area contributed by atoms with Crippen LogP contribution in [0.4, 0.5) is 17.3 Å². The molecule has 2 aromatic heterocycles. The minimum atomic E-state index is -0.455. The first kappa shape index (κ1) is 17.1. The van der Waals surface area contributed by atoms with Crippen LogP contribution in [0.3, 0.4) is 0 Å². The van der Waals surface area contributed by atoms with Crippen molar-refractivity contribution in [2.24, 2.45) is 0 Å². The number of aromatic nitrogens is 3. The first-order valence-electron chi connectivity index (χ1n) is 9.11. The Labute approximate surface area is 164 Å². The molecule has 0 bridgehead atoms. The van der Waals surface area contributed by atoms with Crippen LogP contribution in [0.5, 0.6) is 0 Å². The Morgan fingerprint density at radius 2 is 1.86 bits per heavy atom. The Kier molecular flexibility index (Phi) is 3.83. The highest BCUT2D eigenvalue weighted by atomic mass is 16.6. The summed E-state index contributed by atoms with van der Waals surface area (Å²) in [6, 6.07) is 15.8. The second-order valence-electron chi connectivity index (χ2n) is 6.78. The van der Waals surface area contributed by atoms with Gasteiger partial charge in [-0.25, -0.2) is 4.98 Å². The van der Waals surface area contributed by atoms with Crippen LogP contribution < -0.4 is 10.5 Å². The summed E-state index contributed by atoms with van der Waals surface area (Å²) in [5.74, 6) is 0.459. The number of anilines is 2. The van der Waals surface area contributed by atoms with Crippen molar-refractivity contribution in [1.82, 2.24) is 15.0 Å². The van der Waals surface area contributed by atoms with Gasteiger partial charge in [0.25, 0.3) is 11.2 Å². The lowest BCUT2D eigenvalue weighted by molar-refractivity contribution is -0.384. The maximum absolute atomic E-state index is 13.0. The number of benzene rings is 2. The number of para-hydroxylation sites is 1. The van der Waals surface area contributed by atoms with Gasteiger partial charge in [0, 0.05) is 30.6 Å². The fourth-order valence-electron chi connectivity index (χ4n) is 3.74. The summed E-state index contributed by atoms with van der Waals surface area (Å²) < 4.78 is 0. The van der Waals surface area contributed by atoms with Gasteiger partial charge in [0.1, 0.15) is 0 Å². The molecule has 1 aliphatic heterocycles. The highest BCUT2D eigenvalue weighted by Gasteiger charge is 2.23. The largest absolute Gasteiger partial charge is 0.311 e. The van der Waals surface area contributed by atoms with Crippen molar-refractivity contribution in [3.63, 3.8) is 0 Å². The molecule has 0 radical (unpaired) electrons. The van der Waals surface area contributed by atoms with Gasteiger partial charge in [-0.1, -0.05) is 18.2 Å². The first-order valence-corrected chi connectivity index (χ1v) is 9.11. The van der Waals surface area contributed by atoms with Gasteiger partial charge in [0.15, 0.2) is 5.65 Å². The van der Waals surface area contributed by atoms with Crippen LogP contribution in [0, 0.1) is 10.1 Å². The molecule has 142 valence electrons. The van der Waals surface area contributed by atoms with Crippen LogP contribution in [-0.4, -0.2) is 26.4 Å². The Morgan fingerprint density at radius 3 is 2.66 bits per heavy atom. The van der Waals surface area contributed by atoms with Crippen LogP contribution in [0.1, 0.15) is 5.56 Å². The number of hydrogen-bond acceptors (Lipinski definition) is 6. The lowest BCUT2D eigenvalue weighted by Crippen LogP contribution is -2.21. The number of non-ortho nitro benzene ring substituents is 1. The number of rotatable bonds is 3. The van der Waals surface area contributed by atoms with Gasteiger partial charge in [-0.15, -0.1) is 0 Å². The third-order valence-electron chi connectivity index (χ3n) is 5.13. The zero-order valence-electron chi connectivity index (χ0n) is 15.2. The van der Waals surface area contributed by atoms with Gasteiger partial charge in [-0.2, -0.15) is 4.98 Å². The van der Waals surface area contributed by atoms with Gasteiger partial charge in [-0.3, -0.25) is 19.9 Å². The van der Waals surface area contributed by atoms with Gasteiger partial charge in [0.2, 0.25) is 5.95 Å². The molecule has 0 atom stereocenters. The van der Waals surface area contributed by atoms with Crippen molar-refractivity contribution in [3.05, 3.63) is 86.8 Å². The summed E-state index contributed by atoms with van der Waals surface area (Å²) in [7, 11) is 0. The van der Waals surface area contributed by atoms with Crippen molar-refractivity contribution in [2.75, 3.05) is 11.4 Å². The normalized spacial score (nSPS) is 12.9. The van der Waals surface area contributed by atoms with Crippen LogP contribution >= 0.6 is 0 Å². The van der Waals surface area contributed by atoms with Gasteiger partial charge >= 0.3 is 0 Å². The maximum Gasteiger partial charge on any atom is 0.269 e. The quantitative estimate of drug-likeness (QED) is 0.427. The van der Waals surface area contributed by atoms with Crippen LogP contribution in [0.25, 0.3) is 22.2 Å². The fraction of sp³-hybridized carbons (Fsp3) is 0.0952. The van der Waals surface area contributed by atoms with E-state index in [1.807, 2.05) is 23.1 Å². The molecule has 1 N–H and O–H groups in total. The SMILES string of the molecule is O=c1[nH]c(N2CCc3ccccc32)nc2nccc(-c3ccc([N+](=O)[O-])cc3)c12. The van der Waals surface area contributed by atoms with E-state index in [0.717, 1.165) is 18.7 Å². The number of pyridine rings is 1. The van der Waals surface area contributed by atoms with Crippen molar-refractivity contribution in [2.45, 2.75) is 6.42 Å². The molecular weight excluding hydrogens is 370 g/mol. The molecule has 0 unspecified atom stereocenters. The molecule has 0 saturated heterocycles. The topological polar surface area (TPSA) is 105 Å². The lowest BCUT2D eigenvalue weighted by Gasteiger charge is -2.18. The predicted molar refractivity (Wildman–Crippen MR) is 109 cm³/mol. The standard InChI is InChI=1S/C21H15N5O3/c27-20-18-16(13-5-7-15(8-6-13)26(28)29)9-11-22-19(18)23-21(24-20)25-12-10-14-3-1-2-4-17(14)25/h1-9,11H,10,12H2,(H,22,23,24,27). The zero-order valence-corrected chi connectivity index (χ0v) is 15.2. The number of aromatic amines is 1. The van der Waals surface area contributed by atoms with Crippen molar-refractivity contribution in [1.29, 1.82) is 0 Å². The third-order valence-corrected chi connectivity index (χ3v) is 5.13. The summed E-state index contributed by atoms with van der Waals surface area (Å²) >= 11 is 0. The first-order chi connectivity index (χ1) is 14.1. The lowest BCUT2D eigenvalue weighted by atomic mass is 10.0. The molecule has 29 heavy (non-hydrogen) atoms. The van der Waals surface area contributed by atoms with E-state index < -0.39 is 4.92 Å². The Hall–Kier alpha value is -4.07. The molecule has 2 aromatic carbocycles. The molecule has 0 spiro atoms. The molecule has 5 rings (SSSR count). The van der Waals surface area contributed by atoms with E-state index in [2.05, 4.69) is 21.0 Å². The van der Waals surface area contributed by atoms with E-state index >= 15 is 0 Å². The van der Waals surface area contributed by atoms with E-state index in [9.17, 15) is 14.9 Å². The molecule has 0 saturated carbocycles. The minimum absolute atomic E-state index is 0.00543. The highest BCUT2D eigenvalue weighted by molar-refractivity contribution is 5.92. The molecule has 8 nitrogen and oxygen atoms in total. The van der Waals surface area contributed by atoms with E-state index in [-0.39, 0.29) is 11.2 Å². The monoisotopic (exact) mass is 385 g/mol. The number of H-pyrrole nitrogens is 1. The summed E-state index contributed by atoms with van der Waals surface area (Å²) in [5, 5.41) is 11.3. The van der Waals surface area contributed by atoms with Gasteiger partial charge in [-0.05, 0) is 47.4 Å². The number of nitrogens with one attached hydrogen (secondary N) is 1. The number of nitro benzene ring substituents is 1. The highest BCUT2D eigenvalue weighted by Crippen LogP contribution is 2.33. The summed E-state index contributed by atoms with van der Waals surface area (Å²) in [6.07, 6.45) is 2.47. The average molecular weight is 385 g/mol. The number of hydrogen-bond donors (Lipinski definition) is 1. The van der Waals surface area contributed by atoms with E-state index in [4.69, 9.17) is 0 Å². The zero-order chi connectivity index (χ0) is 20.0. The fourth-order valence-corrected chi connectivity index (χ4v) is 3.74. The second-order valence-corrected chi connectivity index (χ2v) is 6.78. The molecule has 8 heteroatoms. The molecule has 4 aromatic rings. The van der Waals surface area contributed by atoms with Crippen LogP contribution in [-0.2, 0) is 6.42 Å². The van der Waals surface area contributed by atoms with Gasteiger partial charge < -0.3 is 4.90 Å². The molecule has 0 amide bonds. The average Bonchev–Trinajstić information content (AvgIpc) is 3.17. The smallest absolute Gasteiger partial charge is 0.269 e. The van der Waals surface area contributed by atoms with Crippen molar-refractivity contribution in [3.8, 4) is 11.1 Å². The summed E-state index contributed by atoms with van der Waals surface area (Å²) in [5.41, 5.74) is 3.60. The molecule has 1 aliphatic rings. The van der Waals surface area contributed by atoms with Gasteiger partial charge in [0.05, 0.1) is 10.3 Å².